The van der Waals surface area contributed by atoms with Gasteiger partial charge in [0.1, 0.15) is 34.9 Å². The van der Waals surface area contributed by atoms with Crippen molar-refractivity contribution in [2.24, 2.45) is 0 Å². The van der Waals surface area contributed by atoms with Gasteiger partial charge in [-0.15, -0.1) is 5.06 Å². The molecule has 1 heterocycles. The topological polar surface area (TPSA) is 230 Å². The van der Waals surface area contributed by atoms with Gasteiger partial charge in [-0.05, 0) is 62.3 Å². The first-order chi connectivity index (χ1) is 21.3. The maximum absolute atomic E-state index is 13.6. The van der Waals surface area contributed by atoms with Gasteiger partial charge < -0.3 is 35.0 Å². The molecule has 0 aliphatic carbocycles. The third-order valence-electron chi connectivity index (χ3n) is 5.49. The Kier molecular flexibility index (Phi) is 14.0. The highest BCUT2D eigenvalue weighted by Gasteiger charge is 2.39. The first-order valence-electron chi connectivity index (χ1n) is 14.9. The largest absolute Gasteiger partial charge is 0.460 e. The summed E-state index contributed by atoms with van der Waals surface area (Å²) in [4.78, 5) is 119. The first-order valence-corrected chi connectivity index (χ1v) is 14.9. The normalized spacial score (nSPS) is 15.5. The van der Waals surface area contributed by atoms with E-state index in [1.807, 2.05) is 0 Å². The summed E-state index contributed by atoms with van der Waals surface area (Å²) in [5, 5.41) is 6.96. The molecule has 3 N–H and O–H groups in total. The smallest absolute Gasteiger partial charge is 0.355 e. The number of hydrogen-bond donors (Lipinski definition) is 3. The van der Waals surface area contributed by atoms with Crippen LogP contribution in [0.4, 0.5) is 0 Å². The Morgan fingerprint density at radius 1 is 0.596 bits per heavy atom. The summed E-state index contributed by atoms with van der Waals surface area (Å²) >= 11 is 0. The molecule has 0 aromatic rings. The number of carbonyl (C=O) groups excluding carboxylic acids is 9. The Hall–Kier alpha value is -4.57. The molecule has 3 atom stereocenters. The number of hydroxylamine groups is 2. The summed E-state index contributed by atoms with van der Waals surface area (Å²) in [6.45, 7) is 15.2. The van der Waals surface area contributed by atoms with E-state index >= 15 is 0 Å². The van der Waals surface area contributed by atoms with E-state index in [2.05, 4.69) is 16.0 Å². The Labute approximate surface area is 273 Å². The molecule has 0 aromatic heterocycles. The Balaban J connectivity index is 3.39. The number of ether oxygens (including phenoxy) is 3. The number of nitrogens with zero attached hydrogens (tertiary/aromatic N) is 1. The van der Waals surface area contributed by atoms with Crippen molar-refractivity contribution in [1.82, 2.24) is 21.0 Å². The van der Waals surface area contributed by atoms with Crippen LogP contribution in [0.5, 0.6) is 0 Å². The Morgan fingerprint density at radius 2 is 0.915 bits per heavy atom. The minimum Gasteiger partial charge on any atom is -0.460 e. The minimum absolute atomic E-state index is 0.214. The number of rotatable bonds is 13. The lowest BCUT2D eigenvalue weighted by molar-refractivity contribution is -0.199. The molecule has 0 saturated carbocycles. The number of nitrogens with one attached hydrogen (secondary N) is 3. The quantitative estimate of drug-likeness (QED) is 0.136. The molecule has 0 spiro atoms. The zero-order valence-electron chi connectivity index (χ0n) is 28.5. The van der Waals surface area contributed by atoms with Crippen molar-refractivity contribution >= 4 is 53.4 Å². The Morgan fingerprint density at radius 3 is 1.26 bits per heavy atom. The van der Waals surface area contributed by atoms with Crippen molar-refractivity contribution in [3.05, 3.63) is 0 Å². The molecule has 1 saturated heterocycles. The number of amides is 5. The van der Waals surface area contributed by atoms with Crippen molar-refractivity contribution < 1.29 is 62.2 Å². The van der Waals surface area contributed by atoms with Crippen LogP contribution in [0.25, 0.3) is 0 Å². The summed E-state index contributed by atoms with van der Waals surface area (Å²) in [6, 6.07) is -5.22. The second-order valence-corrected chi connectivity index (χ2v) is 13.7. The second kappa shape index (κ2) is 16.3. The zero-order chi connectivity index (χ0) is 36.5. The van der Waals surface area contributed by atoms with E-state index in [9.17, 15) is 43.2 Å². The monoisotopic (exact) mass is 670 g/mol. The minimum atomic E-state index is -1.87. The van der Waals surface area contributed by atoms with Crippen LogP contribution in [0.2, 0.25) is 0 Å². The van der Waals surface area contributed by atoms with Crippen molar-refractivity contribution in [3.63, 3.8) is 0 Å². The number of hydrogen-bond acceptors (Lipinski definition) is 13. The lowest BCUT2D eigenvalue weighted by Crippen LogP contribution is -2.57. The van der Waals surface area contributed by atoms with Gasteiger partial charge in [0, 0.05) is 19.8 Å². The predicted octanol–water partition coefficient (Wildman–Crippen LogP) is 0.263. The highest BCUT2D eigenvalue weighted by Crippen LogP contribution is 2.16. The van der Waals surface area contributed by atoms with Crippen LogP contribution >= 0.6 is 0 Å². The van der Waals surface area contributed by atoms with E-state index in [1.165, 1.54) is 0 Å². The molecule has 47 heavy (non-hydrogen) atoms. The van der Waals surface area contributed by atoms with Crippen LogP contribution in [0.15, 0.2) is 0 Å². The summed E-state index contributed by atoms with van der Waals surface area (Å²) in [5.74, 6) is -8.81. The van der Waals surface area contributed by atoms with Gasteiger partial charge in [0.15, 0.2) is 0 Å². The molecule has 1 rings (SSSR count). The van der Waals surface area contributed by atoms with Crippen molar-refractivity contribution in [3.8, 4) is 0 Å². The number of esters is 3. The average molecular weight is 671 g/mol. The lowest BCUT2D eigenvalue weighted by Gasteiger charge is -2.27. The standard InChI is InChI=1S/C30H46N4O13/c1-16(35)31-17(13-22(38)44-28(2,3)4)25(41)32-18(14-23(39)45-29(5,6)7)26(42)33-19(15-24(40)46-30(8,9)10)27(43)47-34-20(36)11-12-21(34)37/h17-19H,11-15H2,1-10H3,(H,31,35)(H,32,41)(H,33,42)/t17-,18-,19-/m0/s1. The molecule has 0 bridgehead atoms. The molecular formula is C30H46N4O13. The average Bonchev–Trinajstić information content (AvgIpc) is 3.15. The van der Waals surface area contributed by atoms with Crippen LogP contribution in [-0.4, -0.2) is 93.4 Å². The van der Waals surface area contributed by atoms with Gasteiger partial charge in [-0.25, -0.2) is 4.79 Å². The van der Waals surface area contributed by atoms with Gasteiger partial charge in [-0.1, -0.05) is 0 Å². The maximum Gasteiger partial charge on any atom is 0.355 e. The molecule has 5 amide bonds. The van der Waals surface area contributed by atoms with E-state index in [-0.39, 0.29) is 17.9 Å². The predicted molar refractivity (Wildman–Crippen MR) is 160 cm³/mol. The third-order valence-corrected chi connectivity index (χ3v) is 5.49. The number of imide groups is 1. The lowest BCUT2D eigenvalue weighted by atomic mass is 10.1. The van der Waals surface area contributed by atoms with Crippen LogP contribution < -0.4 is 16.0 Å². The summed E-state index contributed by atoms with van der Waals surface area (Å²) in [5.41, 5.74) is -2.93. The van der Waals surface area contributed by atoms with E-state index < -0.39 is 108 Å². The fourth-order valence-electron chi connectivity index (χ4n) is 3.86. The number of carbonyl (C=O) groups is 9. The summed E-state index contributed by atoms with van der Waals surface area (Å²) in [7, 11) is 0. The second-order valence-electron chi connectivity index (χ2n) is 13.7. The molecule has 1 aliphatic heterocycles. The maximum atomic E-state index is 13.6. The molecule has 17 heteroatoms. The summed E-state index contributed by atoms with van der Waals surface area (Å²) in [6.07, 6.45) is -2.73. The van der Waals surface area contributed by atoms with Gasteiger partial charge in [0.25, 0.3) is 11.8 Å². The first kappa shape index (κ1) is 40.5. The van der Waals surface area contributed by atoms with Crippen molar-refractivity contribution in [2.75, 3.05) is 0 Å². The van der Waals surface area contributed by atoms with Crippen LogP contribution in [0.3, 0.4) is 0 Å². The van der Waals surface area contributed by atoms with E-state index in [0.717, 1.165) is 6.92 Å². The molecule has 0 radical (unpaired) electrons. The van der Waals surface area contributed by atoms with E-state index in [4.69, 9.17) is 19.0 Å². The molecule has 0 aromatic carbocycles. The van der Waals surface area contributed by atoms with Crippen molar-refractivity contribution in [2.45, 2.75) is 136 Å². The van der Waals surface area contributed by atoms with Gasteiger partial charge >= 0.3 is 23.9 Å². The molecule has 17 nitrogen and oxygen atoms in total. The molecule has 1 aliphatic rings. The Bertz CT molecular complexity index is 1240. The van der Waals surface area contributed by atoms with Gasteiger partial charge in [0.05, 0.1) is 19.3 Å². The zero-order valence-corrected chi connectivity index (χ0v) is 28.5. The highest BCUT2D eigenvalue weighted by atomic mass is 16.7. The van der Waals surface area contributed by atoms with Crippen molar-refractivity contribution in [1.29, 1.82) is 0 Å². The SMILES string of the molecule is CC(=O)N[C@@H](CC(=O)OC(C)(C)C)C(=O)N[C@@H](CC(=O)OC(C)(C)C)C(=O)N[C@@H](CC(=O)OC(C)(C)C)C(=O)ON1C(=O)CCC1=O. The van der Waals surface area contributed by atoms with E-state index in [0.29, 0.717) is 0 Å². The molecular weight excluding hydrogens is 624 g/mol. The van der Waals surface area contributed by atoms with Gasteiger partial charge in [0.2, 0.25) is 17.7 Å². The molecule has 0 unspecified atom stereocenters. The fourth-order valence-corrected chi connectivity index (χ4v) is 3.86. The van der Waals surface area contributed by atoms with Crippen LogP contribution in [0, 0.1) is 0 Å². The van der Waals surface area contributed by atoms with Gasteiger partial charge in [-0.2, -0.15) is 0 Å². The highest BCUT2D eigenvalue weighted by molar-refractivity contribution is 6.02. The van der Waals surface area contributed by atoms with Crippen LogP contribution in [0.1, 0.15) is 101 Å². The summed E-state index contributed by atoms with van der Waals surface area (Å²) < 4.78 is 15.7. The van der Waals surface area contributed by atoms with Gasteiger partial charge in [-0.3, -0.25) is 38.4 Å². The molecule has 1 fully saturated rings. The molecule has 264 valence electrons. The third kappa shape index (κ3) is 16.0. The van der Waals surface area contributed by atoms with E-state index in [1.54, 1.807) is 62.3 Å². The van der Waals surface area contributed by atoms with Crippen LogP contribution in [-0.2, 0) is 62.2 Å². The fraction of sp³-hybridized carbons (Fsp3) is 0.700.